The highest BCUT2D eigenvalue weighted by Gasteiger charge is 2.18. The van der Waals surface area contributed by atoms with Crippen LogP contribution in [-0.4, -0.2) is 19.7 Å². The highest BCUT2D eigenvalue weighted by molar-refractivity contribution is 5.97. The molecule has 0 aliphatic rings. The van der Waals surface area contributed by atoms with Gasteiger partial charge in [0, 0.05) is 10.9 Å². The lowest BCUT2D eigenvalue weighted by molar-refractivity contribution is -0.142. The molecule has 0 spiro atoms. The summed E-state index contributed by atoms with van der Waals surface area (Å²) in [6, 6.07) is 15.5. The number of para-hydroxylation sites is 1. The summed E-state index contributed by atoms with van der Waals surface area (Å²) in [6.07, 6.45) is 0.115. The van der Waals surface area contributed by atoms with E-state index in [0.29, 0.717) is 12.4 Å². The number of rotatable bonds is 5. The Balaban J connectivity index is 2.09. The van der Waals surface area contributed by atoms with Gasteiger partial charge in [-0.1, -0.05) is 30.3 Å². The van der Waals surface area contributed by atoms with Crippen LogP contribution < -0.4 is 4.74 Å². The van der Waals surface area contributed by atoms with Crippen LogP contribution in [0, 0.1) is 0 Å². The van der Waals surface area contributed by atoms with E-state index in [0.717, 1.165) is 27.8 Å². The minimum atomic E-state index is -0.290. The Kier molecular flexibility index (Phi) is 4.33. The molecular weight excluding hydrogens is 292 g/mol. The number of ether oxygens (including phenoxy) is 2. The van der Waals surface area contributed by atoms with Crippen LogP contribution in [0.5, 0.6) is 5.75 Å². The van der Waals surface area contributed by atoms with Crippen molar-refractivity contribution in [2.24, 2.45) is 0 Å². The fourth-order valence-electron chi connectivity index (χ4n) is 2.64. The summed E-state index contributed by atoms with van der Waals surface area (Å²) in [5.41, 5.74) is 2.67. The predicted molar refractivity (Wildman–Crippen MR) is 88.5 cm³/mol. The maximum absolute atomic E-state index is 11.9. The molecule has 118 valence electrons. The van der Waals surface area contributed by atoms with Crippen LogP contribution in [0.25, 0.3) is 22.1 Å². The second kappa shape index (κ2) is 6.57. The Morgan fingerprint density at radius 2 is 1.83 bits per heavy atom. The summed E-state index contributed by atoms with van der Waals surface area (Å²) < 4.78 is 16.1. The van der Waals surface area contributed by atoms with Crippen LogP contribution in [0.15, 0.2) is 52.9 Å². The van der Waals surface area contributed by atoms with E-state index in [1.54, 1.807) is 14.0 Å². The molecule has 0 N–H and O–H groups in total. The number of carbonyl (C=O) groups is 1. The van der Waals surface area contributed by atoms with Crippen molar-refractivity contribution in [1.29, 1.82) is 0 Å². The first-order valence-corrected chi connectivity index (χ1v) is 7.53. The molecule has 4 nitrogen and oxygen atoms in total. The molecule has 3 rings (SSSR count). The van der Waals surface area contributed by atoms with E-state index in [2.05, 4.69) is 0 Å². The summed E-state index contributed by atoms with van der Waals surface area (Å²) in [7, 11) is 1.63. The Labute approximate surface area is 134 Å². The highest BCUT2D eigenvalue weighted by Crippen LogP contribution is 2.36. The summed E-state index contributed by atoms with van der Waals surface area (Å²) >= 11 is 0. The van der Waals surface area contributed by atoms with E-state index in [-0.39, 0.29) is 12.4 Å². The average molecular weight is 310 g/mol. The highest BCUT2D eigenvalue weighted by atomic mass is 16.5. The van der Waals surface area contributed by atoms with Crippen LogP contribution >= 0.6 is 0 Å². The first-order valence-electron chi connectivity index (χ1n) is 7.53. The number of carbonyl (C=O) groups excluding carboxylic acids is 1. The van der Waals surface area contributed by atoms with Gasteiger partial charge in [-0.15, -0.1) is 0 Å². The van der Waals surface area contributed by atoms with Crippen LogP contribution in [-0.2, 0) is 16.0 Å². The fourth-order valence-corrected chi connectivity index (χ4v) is 2.64. The lowest BCUT2D eigenvalue weighted by Crippen LogP contribution is -2.07. The van der Waals surface area contributed by atoms with Crippen molar-refractivity contribution in [3.63, 3.8) is 0 Å². The van der Waals surface area contributed by atoms with E-state index in [1.807, 2.05) is 48.5 Å². The number of hydrogen-bond donors (Lipinski definition) is 0. The minimum Gasteiger partial charge on any atom is -0.497 e. The monoisotopic (exact) mass is 310 g/mol. The van der Waals surface area contributed by atoms with E-state index in [9.17, 15) is 4.79 Å². The predicted octanol–water partition coefficient (Wildman–Crippen LogP) is 4.21. The molecule has 1 aromatic heterocycles. The molecule has 4 heteroatoms. The molecule has 2 aromatic carbocycles. The van der Waals surface area contributed by atoms with E-state index in [1.165, 1.54) is 0 Å². The number of esters is 1. The van der Waals surface area contributed by atoms with Crippen LogP contribution in [0.1, 0.15) is 12.7 Å². The topological polar surface area (TPSA) is 48.7 Å². The lowest BCUT2D eigenvalue weighted by atomic mass is 10.0. The second-order valence-corrected chi connectivity index (χ2v) is 5.11. The number of hydrogen-bond acceptors (Lipinski definition) is 4. The molecular formula is C19H18O4. The zero-order valence-electron chi connectivity index (χ0n) is 13.2. The molecule has 23 heavy (non-hydrogen) atoms. The fraction of sp³-hybridized carbons (Fsp3) is 0.211. The molecule has 0 aliphatic heterocycles. The van der Waals surface area contributed by atoms with Crippen LogP contribution in [0.2, 0.25) is 0 Å². The van der Waals surface area contributed by atoms with Crippen molar-refractivity contribution >= 4 is 16.9 Å². The first kappa shape index (κ1) is 15.2. The van der Waals surface area contributed by atoms with E-state index in [4.69, 9.17) is 13.9 Å². The summed E-state index contributed by atoms with van der Waals surface area (Å²) in [5, 5.41) is 0.983. The van der Waals surface area contributed by atoms with Gasteiger partial charge in [0.25, 0.3) is 0 Å². The van der Waals surface area contributed by atoms with Crippen LogP contribution in [0.3, 0.4) is 0 Å². The zero-order valence-corrected chi connectivity index (χ0v) is 13.2. The second-order valence-electron chi connectivity index (χ2n) is 5.11. The van der Waals surface area contributed by atoms with Gasteiger partial charge in [-0.2, -0.15) is 0 Å². The minimum absolute atomic E-state index is 0.115. The van der Waals surface area contributed by atoms with Gasteiger partial charge in [0.2, 0.25) is 0 Å². The summed E-state index contributed by atoms with van der Waals surface area (Å²) in [6.45, 7) is 2.15. The van der Waals surface area contributed by atoms with Crippen molar-refractivity contribution in [3.05, 3.63) is 54.3 Å². The van der Waals surface area contributed by atoms with Gasteiger partial charge < -0.3 is 13.9 Å². The van der Waals surface area contributed by atoms with Gasteiger partial charge in [0.15, 0.2) is 0 Å². The van der Waals surface area contributed by atoms with E-state index < -0.39 is 0 Å². The molecule has 0 aliphatic carbocycles. The molecule has 0 fully saturated rings. The molecule has 0 radical (unpaired) electrons. The number of benzene rings is 2. The molecule has 0 unspecified atom stereocenters. The number of furan rings is 1. The average Bonchev–Trinajstić information content (AvgIpc) is 2.93. The van der Waals surface area contributed by atoms with Crippen LogP contribution in [0.4, 0.5) is 0 Å². The first-order chi connectivity index (χ1) is 11.2. The van der Waals surface area contributed by atoms with Gasteiger partial charge in [-0.25, -0.2) is 0 Å². The van der Waals surface area contributed by atoms with Crippen molar-refractivity contribution in [2.45, 2.75) is 13.3 Å². The molecule has 0 saturated carbocycles. The van der Waals surface area contributed by atoms with Gasteiger partial charge >= 0.3 is 5.97 Å². The summed E-state index contributed by atoms with van der Waals surface area (Å²) in [5.74, 6) is 1.12. The van der Waals surface area contributed by atoms with Crippen molar-refractivity contribution < 1.29 is 18.7 Å². The van der Waals surface area contributed by atoms with Gasteiger partial charge in [-0.3, -0.25) is 4.79 Å². The maximum Gasteiger partial charge on any atom is 0.313 e. The lowest BCUT2D eigenvalue weighted by Gasteiger charge is -2.05. The number of methoxy groups -OCH3 is 1. The molecule has 0 saturated heterocycles. The normalized spacial score (nSPS) is 10.7. The van der Waals surface area contributed by atoms with Crippen molar-refractivity contribution in [3.8, 4) is 16.9 Å². The standard InChI is InChI=1S/C19H18O4/c1-3-22-18(20)12-17-19(13-8-10-14(21-2)11-9-13)15-6-4-5-7-16(15)23-17/h4-11H,3,12H2,1-2H3. The van der Waals surface area contributed by atoms with Crippen molar-refractivity contribution in [1.82, 2.24) is 0 Å². The quantitative estimate of drug-likeness (QED) is 0.662. The van der Waals surface area contributed by atoms with Gasteiger partial charge in [0.05, 0.1) is 13.7 Å². The van der Waals surface area contributed by atoms with E-state index >= 15 is 0 Å². The third kappa shape index (κ3) is 3.06. The van der Waals surface area contributed by atoms with Gasteiger partial charge in [-0.05, 0) is 30.7 Å². The largest absolute Gasteiger partial charge is 0.497 e. The SMILES string of the molecule is CCOC(=O)Cc1oc2ccccc2c1-c1ccc(OC)cc1. The molecule has 0 atom stereocenters. The van der Waals surface area contributed by atoms with Gasteiger partial charge in [0.1, 0.15) is 23.5 Å². The molecule has 3 aromatic rings. The third-order valence-corrected chi connectivity index (χ3v) is 3.66. The molecule has 0 amide bonds. The Hall–Kier alpha value is -2.75. The Morgan fingerprint density at radius 1 is 1.09 bits per heavy atom. The maximum atomic E-state index is 11.9. The molecule has 1 heterocycles. The zero-order chi connectivity index (χ0) is 16.2. The Bertz CT molecular complexity index is 815. The summed E-state index contributed by atoms with van der Waals surface area (Å²) in [4.78, 5) is 11.9. The smallest absolute Gasteiger partial charge is 0.313 e. The number of fused-ring (bicyclic) bond motifs is 1. The van der Waals surface area contributed by atoms with Crippen molar-refractivity contribution in [2.75, 3.05) is 13.7 Å². The third-order valence-electron chi connectivity index (χ3n) is 3.66. The Morgan fingerprint density at radius 3 is 2.52 bits per heavy atom. The molecule has 0 bridgehead atoms.